The molecule has 2 aromatic rings. The zero-order valence-electron chi connectivity index (χ0n) is 14.7. The molecule has 25 heavy (non-hydrogen) atoms. The lowest BCUT2D eigenvalue weighted by Gasteiger charge is -2.23. The molecule has 0 aliphatic heterocycles. The first-order chi connectivity index (χ1) is 11.8. The van der Waals surface area contributed by atoms with Crippen LogP contribution in [0.4, 0.5) is 10.1 Å². The van der Waals surface area contributed by atoms with E-state index in [0.29, 0.717) is 18.7 Å². The van der Waals surface area contributed by atoms with E-state index in [4.69, 9.17) is 0 Å². The fourth-order valence-electron chi connectivity index (χ4n) is 2.29. The van der Waals surface area contributed by atoms with Crippen molar-refractivity contribution >= 4 is 17.5 Å². The van der Waals surface area contributed by atoms with E-state index >= 15 is 0 Å². The Bertz CT molecular complexity index is 755. The lowest BCUT2D eigenvalue weighted by Crippen LogP contribution is -2.45. The summed E-state index contributed by atoms with van der Waals surface area (Å²) in [5, 5.41) is 5.58. The van der Waals surface area contributed by atoms with Crippen molar-refractivity contribution in [2.45, 2.75) is 27.2 Å². The summed E-state index contributed by atoms with van der Waals surface area (Å²) >= 11 is 0. The molecule has 0 atom stereocenters. The van der Waals surface area contributed by atoms with Crippen LogP contribution in [0.2, 0.25) is 0 Å². The first-order valence-electron chi connectivity index (χ1n) is 8.20. The maximum absolute atomic E-state index is 12.9. The third-order valence-electron chi connectivity index (χ3n) is 4.14. The molecule has 4 nitrogen and oxygen atoms in total. The SMILES string of the molecule is Cc1ccccc1NC(=O)C(C)(C)C(=O)NCCc1ccc(F)cc1. The Labute approximate surface area is 147 Å². The molecule has 0 radical (unpaired) electrons. The molecule has 0 saturated carbocycles. The Morgan fingerprint density at radius 2 is 1.64 bits per heavy atom. The first kappa shape index (κ1) is 18.6. The van der Waals surface area contributed by atoms with Crippen molar-refractivity contribution in [2.75, 3.05) is 11.9 Å². The molecule has 0 heterocycles. The maximum atomic E-state index is 12.9. The molecule has 0 spiro atoms. The first-order valence-corrected chi connectivity index (χ1v) is 8.20. The number of halogens is 1. The van der Waals surface area contributed by atoms with Crippen LogP contribution >= 0.6 is 0 Å². The lowest BCUT2D eigenvalue weighted by molar-refractivity contribution is -0.138. The molecule has 5 heteroatoms. The molecule has 2 N–H and O–H groups in total. The molecular formula is C20H23FN2O2. The number of hydrogen-bond donors (Lipinski definition) is 2. The van der Waals surface area contributed by atoms with Gasteiger partial charge in [-0.05, 0) is 56.5 Å². The summed E-state index contributed by atoms with van der Waals surface area (Å²) in [5.74, 6) is -0.997. The maximum Gasteiger partial charge on any atom is 0.239 e. The molecule has 0 aromatic heterocycles. The van der Waals surface area contributed by atoms with Gasteiger partial charge in [0.15, 0.2) is 0 Å². The molecule has 2 amide bonds. The Hall–Kier alpha value is -2.69. The van der Waals surface area contributed by atoms with Crippen LogP contribution < -0.4 is 10.6 Å². The van der Waals surface area contributed by atoms with Crippen molar-refractivity contribution < 1.29 is 14.0 Å². The predicted molar refractivity (Wildman–Crippen MR) is 96.7 cm³/mol. The zero-order valence-corrected chi connectivity index (χ0v) is 14.7. The van der Waals surface area contributed by atoms with E-state index in [2.05, 4.69) is 10.6 Å². The van der Waals surface area contributed by atoms with E-state index in [9.17, 15) is 14.0 Å². The number of hydrogen-bond acceptors (Lipinski definition) is 2. The van der Waals surface area contributed by atoms with E-state index < -0.39 is 5.41 Å². The lowest BCUT2D eigenvalue weighted by atomic mass is 9.90. The third kappa shape index (κ3) is 4.89. The van der Waals surface area contributed by atoms with Crippen LogP contribution in [0.25, 0.3) is 0 Å². The number of nitrogens with one attached hydrogen (secondary N) is 2. The number of anilines is 1. The number of carbonyl (C=O) groups is 2. The van der Waals surface area contributed by atoms with Crippen molar-refractivity contribution in [2.24, 2.45) is 5.41 Å². The van der Waals surface area contributed by atoms with Crippen molar-refractivity contribution in [1.29, 1.82) is 0 Å². The van der Waals surface area contributed by atoms with Crippen molar-refractivity contribution in [1.82, 2.24) is 5.32 Å². The van der Waals surface area contributed by atoms with Gasteiger partial charge in [-0.2, -0.15) is 0 Å². The molecule has 0 saturated heterocycles. The highest BCUT2D eigenvalue weighted by atomic mass is 19.1. The Kier molecular flexibility index (Phi) is 5.91. The summed E-state index contributed by atoms with van der Waals surface area (Å²) in [4.78, 5) is 24.9. The third-order valence-corrected chi connectivity index (χ3v) is 4.14. The molecule has 0 aliphatic carbocycles. The van der Waals surface area contributed by atoms with E-state index in [-0.39, 0.29) is 17.6 Å². The van der Waals surface area contributed by atoms with Crippen LogP contribution in [0.3, 0.4) is 0 Å². The number of para-hydroxylation sites is 1. The van der Waals surface area contributed by atoms with Crippen LogP contribution in [-0.2, 0) is 16.0 Å². The van der Waals surface area contributed by atoms with Crippen molar-refractivity contribution in [3.05, 3.63) is 65.5 Å². The summed E-state index contributed by atoms with van der Waals surface area (Å²) in [6, 6.07) is 13.5. The van der Waals surface area contributed by atoms with Gasteiger partial charge >= 0.3 is 0 Å². The number of aryl methyl sites for hydroxylation is 1. The highest BCUT2D eigenvalue weighted by Gasteiger charge is 2.36. The molecule has 2 rings (SSSR count). The molecule has 0 fully saturated rings. The number of carbonyl (C=O) groups excluding carboxylic acids is 2. The normalized spacial score (nSPS) is 11.0. The Morgan fingerprint density at radius 3 is 2.28 bits per heavy atom. The number of rotatable bonds is 6. The van der Waals surface area contributed by atoms with Crippen molar-refractivity contribution in [3.8, 4) is 0 Å². The zero-order chi connectivity index (χ0) is 18.4. The van der Waals surface area contributed by atoms with Crippen LogP contribution in [0, 0.1) is 18.2 Å². The summed E-state index contributed by atoms with van der Waals surface area (Å²) in [5.41, 5.74) is 1.34. The molecule has 0 bridgehead atoms. The smallest absolute Gasteiger partial charge is 0.239 e. The second kappa shape index (κ2) is 7.92. The molecule has 0 aliphatic rings. The Morgan fingerprint density at radius 1 is 1.00 bits per heavy atom. The van der Waals surface area contributed by atoms with E-state index in [1.807, 2.05) is 25.1 Å². The fraction of sp³-hybridized carbons (Fsp3) is 0.300. The Balaban J connectivity index is 1.91. The average Bonchev–Trinajstić information content (AvgIpc) is 2.58. The molecule has 132 valence electrons. The minimum atomic E-state index is -1.20. The summed E-state index contributed by atoms with van der Waals surface area (Å²) in [6.07, 6.45) is 0.571. The molecule has 2 aromatic carbocycles. The van der Waals surface area contributed by atoms with E-state index in [1.165, 1.54) is 12.1 Å². The van der Waals surface area contributed by atoms with Crippen molar-refractivity contribution in [3.63, 3.8) is 0 Å². The van der Waals surface area contributed by atoms with Gasteiger partial charge in [-0.3, -0.25) is 9.59 Å². The van der Waals surface area contributed by atoms with E-state index in [1.54, 1.807) is 32.0 Å². The molecule has 0 unspecified atom stereocenters. The van der Waals surface area contributed by atoms with Gasteiger partial charge in [0, 0.05) is 12.2 Å². The minimum Gasteiger partial charge on any atom is -0.355 e. The molecular weight excluding hydrogens is 319 g/mol. The highest BCUT2D eigenvalue weighted by molar-refractivity contribution is 6.10. The van der Waals surface area contributed by atoms with Crippen LogP contribution in [0.15, 0.2) is 48.5 Å². The summed E-state index contributed by atoms with van der Waals surface area (Å²) < 4.78 is 12.9. The van der Waals surface area contributed by atoms with Crippen LogP contribution in [0.5, 0.6) is 0 Å². The van der Waals surface area contributed by atoms with Gasteiger partial charge in [-0.15, -0.1) is 0 Å². The second-order valence-electron chi connectivity index (χ2n) is 6.53. The number of benzene rings is 2. The van der Waals surface area contributed by atoms with Gasteiger partial charge < -0.3 is 10.6 Å². The second-order valence-corrected chi connectivity index (χ2v) is 6.53. The predicted octanol–water partition coefficient (Wildman–Crippen LogP) is 3.46. The summed E-state index contributed by atoms with van der Waals surface area (Å²) in [7, 11) is 0. The quantitative estimate of drug-likeness (QED) is 0.790. The van der Waals surface area contributed by atoms with Gasteiger partial charge in [0.2, 0.25) is 11.8 Å². The highest BCUT2D eigenvalue weighted by Crippen LogP contribution is 2.21. The van der Waals surface area contributed by atoms with Gasteiger partial charge in [0.25, 0.3) is 0 Å². The minimum absolute atomic E-state index is 0.290. The van der Waals surface area contributed by atoms with Gasteiger partial charge in [-0.25, -0.2) is 4.39 Å². The van der Waals surface area contributed by atoms with Crippen LogP contribution in [0.1, 0.15) is 25.0 Å². The number of amides is 2. The monoisotopic (exact) mass is 342 g/mol. The van der Waals surface area contributed by atoms with E-state index in [0.717, 1.165) is 11.1 Å². The summed E-state index contributed by atoms with van der Waals surface area (Å²) in [6.45, 7) is 5.46. The van der Waals surface area contributed by atoms with Gasteiger partial charge in [-0.1, -0.05) is 30.3 Å². The topological polar surface area (TPSA) is 58.2 Å². The van der Waals surface area contributed by atoms with Gasteiger partial charge in [0.1, 0.15) is 11.2 Å². The standard InChI is InChI=1S/C20H23FN2O2/c1-14-6-4-5-7-17(14)23-19(25)20(2,3)18(24)22-13-12-15-8-10-16(21)11-9-15/h4-11H,12-13H2,1-3H3,(H,22,24)(H,23,25). The van der Waals surface area contributed by atoms with Gasteiger partial charge in [0.05, 0.1) is 0 Å². The average molecular weight is 342 g/mol. The largest absolute Gasteiger partial charge is 0.355 e. The van der Waals surface area contributed by atoms with Crippen LogP contribution in [-0.4, -0.2) is 18.4 Å². The fourth-order valence-corrected chi connectivity index (χ4v) is 2.29.